The molecule has 0 saturated carbocycles. The Kier molecular flexibility index (Phi) is 5.05. The second-order valence-corrected chi connectivity index (χ2v) is 5.37. The molecule has 0 aromatic carbocycles. The molecule has 0 aliphatic rings. The largest absolute Gasteiger partial charge is 0.464 e. The van der Waals surface area contributed by atoms with Gasteiger partial charge >= 0.3 is 5.97 Å². The van der Waals surface area contributed by atoms with Gasteiger partial charge in [0.05, 0.1) is 5.41 Å². The highest BCUT2D eigenvalue weighted by Gasteiger charge is 2.41. The van der Waals surface area contributed by atoms with Crippen molar-refractivity contribution < 1.29 is 19.1 Å². The van der Waals surface area contributed by atoms with E-state index in [1.165, 1.54) is 13.8 Å². The Morgan fingerprint density at radius 3 is 1.65 bits per heavy atom. The lowest BCUT2D eigenvalue weighted by Gasteiger charge is -2.28. The smallest absolute Gasteiger partial charge is 0.311 e. The number of hydrogen-bond acceptors (Lipinski definition) is 4. The normalized spacial score (nSPS) is 12.1. The Morgan fingerprint density at radius 2 is 1.41 bits per heavy atom. The summed E-state index contributed by atoms with van der Waals surface area (Å²) in [5.74, 6) is -0.916. The van der Waals surface area contributed by atoms with Crippen molar-refractivity contribution in [3.63, 3.8) is 0 Å². The van der Waals surface area contributed by atoms with Crippen molar-refractivity contribution in [2.24, 2.45) is 10.8 Å². The Balaban J connectivity index is 4.87. The average molecular weight is 242 g/mol. The predicted molar refractivity (Wildman–Crippen MR) is 64.5 cm³/mol. The first-order chi connectivity index (χ1) is 7.58. The summed E-state index contributed by atoms with van der Waals surface area (Å²) in [5, 5.41) is 0. The number of hydrogen-bond donors (Lipinski definition) is 0. The summed E-state index contributed by atoms with van der Waals surface area (Å²) in [6.07, 6.45) is 0.342. The van der Waals surface area contributed by atoms with E-state index in [0.29, 0.717) is 6.42 Å². The average Bonchev–Trinajstić information content (AvgIpc) is 2.16. The molecule has 0 fully saturated rings. The van der Waals surface area contributed by atoms with Gasteiger partial charge in [0.1, 0.15) is 23.6 Å². The van der Waals surface area contributed by atoms with Gasteiger partial charge in [-0.05, 0) is 41.0 Å². The minimum absolute atomic E-state index is 0.162. The van der Waals surface area contributed by atoms with Crippen LogP contribution in [0.1, 0.15) is 48.0 Å². The van der Waals surface area contributed by atoms with Crippen LogP contribution in [0.25, 0.3) is 0 Å². The van der Waals surface area contributed by atoms with E-state index in [0.717, 1.165) is 0 Å². The lowest BCUT2D eigenvalue weighted by Crippen LogP contribution is -2.42. The molecule has 0 rings (SSSR count). The molecule has 0 amide bonds. The molecule has 0 heterocycles. The molecule has 0 aliphatic heterocycles. The summed E-state index contributed by atoms with van der Waals surface area (Å²) in [6.45, 7) is 9.48. The van der Waals surface area contributed by atoms with Crippen LogP contribution in [0.4, 0.5) is 0 Å². The van der Waals surface area contributed by atoms with Crippen LogP contribution in [0.2, 0.25) is 0 Å². The van der Waals surface area contributed by atoms with Crippen molar-refractivity contribution in [2.75, 3.05) is 6.61 Å². The van der Waals surface area contributed by atoms with Crippen LogP contribution >= 0.6 is 0 Å². The molecule has 0 spiro atoms. The van der Waals surface area contributed by atoms with Gasteiger partial charge in [-0.1, -0.05) is 6.92 Å². The van der Waals surface area contributed by atoms with Crippen LogP contribution in [-0.2, 0) is 19.1 Å². The van der Waals surface area contributed by atoms with Crippen LogP contribution < -0.4 is 0 Å². The lowest BCUT2D eigenvalue weighted by atomic mass is 9.78. The van der Waals surface area contributed by atoms with Gasteiger partial charge in [-0.25, -0.2) is 0 Å². The maximum atomic E-state index is 11.6. The zero-order valence-electron chi connectivity index (χ0n) is 11.5. The molecular weight excluding hydrogens is 220 g/mol. The number of rotatable bonds is 5. The summed E-state index contributed by atoms with van der Waals surface area (Å²) in [4.78, 5) is 34.8. The third-order valence-corrected chi connectivity index (χ3v) is 3.01. The third-order valence-electron chi connectivity index (χ3n) is 3.01. The highest BCUT2D eigenvalue weighted by molar-refractivity contribution is 6.05. The fourth-order valence-electron chi connectivity index (χ4n) is 1.46. The molecule has 0 bridgehead atoms. The topological polar surface area (TPSA) is 60.4 Å². The standard InChI is InChI=1S/C13H22O4/c1-7-13(9(2)14,10(3)15)8-17-11(16)12(4,5)6/h7-8H2,1-6H3. The summed E-state index contributed by atoms with van der Waals surface area (Å²) < 4.78 is 5.10. The van der Waals surface area contributed by atoms with Crippen molar-refractivity contribution in [1.29, 1.82) is 0 Å². The van der Waals surface area contributed by atoms with Gasteiger partial charge in [0.25, 0.3) is 0 Å². The molecule has 0 aromatic rings. The maximum Gasteiger partial charge on any atom is 0.311 e. The Labute approximate surface area is 103 Å². The molecule has 0 N–H and O–H groups in total. The van der Waals surface area contributed by atoms with Crippen LogP contribution in [-0.4, -0.2) is 24.1 Å². The molecule has 0 atom stereocenters. The van der Waals surface area contributed by atoms with E-state index in [9.17, 15) is 14.4 Å². The molecule has 0 aromatic heterocycles. The molecule has 4 heteroatoms. The summed E-state index contributed by atoms with van der Waals surface area (Å²) >= 11 is 0. The van der Waals surface area contributed by atoms with Gasteiger partial charge in [0.2, 0.25) is 0 Å². The van der Waals surface area contributed by atoms with Crippen molar-refractivity contribution >= 4 is 17.5 Å². The minimum Gasteiger partial charge on any atom is -0.464 e. The van der Waals surface area contributed by atoms with Crippen LogP contribution in [0.5, 0.6) is 0 Å². The Bertz CT molecular complexity index is 309. The van der Waals surface area contributed by atoms with Gasteiger partial charge in [-0.3, -0.25) is 14.4 Å². The number of carbonyl (C=O) groups is 3. The summed E-state index contributed by atoms with van der Waals surface area (Å²) in [5.41, 5.74) is -1.81. The summed E-state index contributed by atoms with van der Waals surface area (Å²) in [6, 6.07) is 0. The molecule has 0 radical (unpaired) electrons. The molecule has 0 saturated heterocycles. The minimum atomic E-state index is -1.18. The SMILES string of the molecule is CCC(COC(=O)C(C)(C)C)(C(C)=O)C(C)=O. The van der Waals surface area contributed by atoms with E-state index in [1.54, 1.807) is 27.7 Å². The molecule has 17 heavy (non-hydrogen) atoms. The van der Waals surface area contributed by atoms with Crippen molar-refractivity contribution in [2.45, 2.75) is 48.0 Å². The number of Topliss-reactive ketones (excluding diaryl/α,β-unsaturated/α-hetero) is 2. The van der Waals surface area contributed by atoms with Crippen molar-refractivity contribution in [3.8, 4) is 0 Å². The van der Waals surface area contributed by atoms with Gasteiger partial charge in [0.15, 0.2) is 0 Å². The number of ether oxygens (including phenoxy) is 1. The van der Waals surface area contributed by atoms with E-state index < -0.39 is 16.8 Å². The third kappa shape index (κ3) is 3.65. The highest BCUT2D eigenvalue weighted by atomic mass is 16.5. The molecule has 98 valence electrons. The van der Waals surface area contributed by atoms with Gasteiger partial charge in [0, 0.05) is 0 Å². The molecule has 0 unspecified atom stereocenters. The summed E-state index contributed by atoms with van der Waals surface area (Å²) in [7, 11) is 0. The number of carbonyl (C=O) groups excluding carboxylic acids is 3. The van der Waals surface area contributed by atoms with Crippen molar-refractivity contribution in [1.82, 2.24) is 0 Å². The lowest BCUT2D eigenvalue weighted by molar-refractivity contribution is -0.160. The molecule has 4 nitrogen and oxygen atoms in total. The maximum absolute atomic E-state index is 11.6. The highest BCUT2D eigenvalue weighted by Crippen LogP contribution is 2.27. The van der Waals surface area contributed by atoms with Crippen molar-refractivity contribution in [3.05, 3.63) is 0 Å². The fraction of sp³-hybridized carbons (Fsp3) is 0.769. The van der Waals surface area contributed by atoms with E-state index in [-0.39, 0.29) is 18.2 Å². The Hall–Kier alpha value is -1.19. The van der Waals surface area contributed by atoms with Crippen LogP contribution in [0, 0.1) is 10.8 Å². The van der Waals surface area contributed by atoms with Gasteiger partial charge < -0.3 is 4.74 Å². The first-order valence-electron chi connectivity index (χ1n) is 5.77. The van der Waals surface area contributed by atoms with Gasteiger partial charge in [-0.2, -0.15) is 0 Å². The van der Waals surface area contributed by atoms with E-state index in [2.05, 4.69) is 0 Å². The zero-order valence-corrected chi connectivity index (χ0v) is 11.5. The van der Waals surface area contributed by atoms with Crippen LogP contribution in [0.3, 0.4) is 0 Å². The first-order valence-corrected chi connectivity index (χ1v) is 5.77. The second-order valence-electron chi connectivity index (χ2n) is 5.37. The van der Waals surface area contributed by atoms with E-state index >= 15 is 0 Å². The predicted octanol–water partition coefficient (Wildman–Crippen LogP) is 2.15. The number of ketones is 2. The first kappa shape index (κ1) is 15.8. The zero-order chi connectivity index (χ0) is 13.9. The molecule has 0 aliphatic carbocycles. The monoisotopic (exact) mass is 242 g/mol. The van der Waals surface area contributed by atoms with E-state index in [4.69, 9.17) is 4.74 Å². The van der Waals surface area contributed by atoms with Crippen LogP contribution in [0.15, 0.2) is 0 Å². The van der Waals surface area contributed by atoms with E-state index in [1.807, 2.05) is 0 Å². The quantitative estimate of drug-likeness (QED) is 0.547. The second kappa shape index (κ2) is 5.43. The number of esters is 1. The molecular formula is C13H22O4. The Morgan fingerprint density at radius 1 is 1.00 bits per heavy atom. The fourth-order valence-corrected chi connectivity index (χ4v) is 1.46. The van der Waals surface area contributed by atoms with Gasteiger partial charge in [-0.15, -0.1) is 0 Å².